The van der Waals surface area contributed by atoms with Crippen molar-refractivity contribution in [3.8, 4) is 23.0 Å². The molecular formula is C32H32F2N4O6S. The van der Waals surface area contributed by atoms with Crippen molar-refractivity contribution in [2.75, 3.05) is 37.7 Å². The summed E-state index contributed by atoms with van der Waals surface area (Å²) in [6.07, 6.45) is 2.72. The van der Waals surface area contributed by atoms with Crippen molar-refractivity contribution in [1.82, 2.24) is 15.2 Å². The van der Waals surface area contributed by atoms with Crippen LogP contribution in [0.5, 0.6) is 23.0 Å². The van der Waals surface area contributed by atoms with Gasteiger partial charge in [-0.25, -0.2) is 17.9 Å². The number of fused-ring (bicyclic) bond motifs is 1. The third-order valence-electron chi connectivity index (χ3n) is 7.21. The van der Waals surface area contributed by atoms with Gasteiger partial charge in [-0.05, 0) is 61.8 Å². The molecule has 1 aliphatic rings. The number of carbonyl (C=O) groups excluding carboxylic acids is 2. The number of nitrogens with one attached hydrogen (secondary N) is 1. The van der Waals surface area contributed by atoms with Crippen molar-refractivity contribution in [1.29, 1.82) is 0 Å². The van der Waals surface area contributed by atoms with Crippen LogP contribution in [-0.4, -0.2) is 66.4 Å². The summed E-state index contributed by atoms with van der Waals surface area (Å²) < 4.78 is 47.0. The van der Waals surface area contributed by atoms with E-state index in [0.717, 1.165) is 36.3 Å². The molecule has 3 aromatic carbocycles. The first-order valence-electron chi connectivity index (χ1n) is 14.3. The molecule has 0 saturated carbocycles. The number of aliphatic hydroxyl groups excluding tert-OH is 1. The van der Waals surface area contributed by atoms with Crippen LogP contribution in [0.1, 0.15) is 18.4 Å². The number of anilines is 1. The molecule has 13 heteroatoms. The van der Waals surface area contributed by atoms with Crippen LogP contribution in [0.15, 0.2) is 66.9 Å². The summed E-state index contributed by atoms with van der Waals surface area (Å²) in [6, 6.07) is 13.4. The zero-order valence-electron chi connectivity index (χ0n) is 24.4. The van der Waals surface area contributed by atoms with Crippen molar-refractivity contribution >= 4 is 41.3 Å². The molecule has 0 radical (unpaired) electrons. The molecule has 10 nitrogen and oxygen atoms in total. The Kier molecular flexibility index (Phi) is 10.3. The van der Waals surface area contributed by atoms with E-state index in [1.165, 1.54) is 43.6 Å². The van der Waals surface area contributed by atoms with E-state index in [1.807, 2.05) is 0 Å². The van der Waals surface area contributed by atoms with E-state index in [4.69, 9.17) is 14.2 Å². The van der Waals surface area contributed by atoms with Crippen LogP contribution in [0, 0.1) is 11.6 Å². The van der Waals surface area contributed by atoms with Gasteiger partial charge in [0, 0.05) is 30.3 Å². The van der Waals surface area contributed by atoms with Crippen LogP contribution in [-0.2, 0) is 11.2 Å². The lowest BCUT2D eigenvalue weighted by molar-refractivity contribution is -0.119. The van der Waals surface area contributed by atoms with Gasteiger partial charge in [-0.1, -0.05) is 31.0 Å². The number of hydrogen-bond donors (Lipinski definition) is 3. The summed E-state index contributed by atoms with van der Waals surface area (Å²) in [5, 5.41) is 13.1. The molecule has 2 heterocycles. The molecule has 1 aliphatic heterocycles. The predicted octanol–water partition coefficient (Wildman–Crippen LogP) is 5.28. The fourth-order valence-electron chi connectivity index (χ4n) is 4.96. The zero-order chi connectivity index (χ0) is 31.9. The number of likely N-dealkylation sites (tertiary alicyclic amines) is 1. The van der Waals surface area contributed by atoms with E-state index in [1.54, 1.807) is 24.3 Å². The van der Waals surface area contributed by atoms with Crippen molar-refractivity contribution < 1.29 is 37.7 Å². The molecule has 1 fully saturated rings. The highest BCUT2D eigenvalue weighted by Crippen LogP contribution is 2.38. The topological polar surface area (TPSA) is 113 Å². The fraction of sp³-hybridized carbons (Fsp3) is 0.281. The van der Waals surface area contributed by atoms with Crippen LogP contribution in [0.4, 0.5) is 19.3 Å². The highest BCUT2D eigenvalue weighted by molar-refractivity contribution is 7.82. The first kappa shape index (κ1) is 31.9. The number of aromatic nitrogens is 1. The lowest BCUT2D eigenvalue weighted by atomic mass is 10.1. The van der Waals surface area contributed by atoms with Crippen molar-refractivity contribution in [2.45, 2.75) is 25.4 Å². The number of ether oxygens (including phenoxy) is 3. The van der Waals surface area contributed by atoms with E-state index in [0.29, 0.717) is 28.9 Å². The molecule has 45 heavy (non-hydrogen) atoms. The quantitative estimate of drug-likeness (QED) is 0.190. The van der Waals surface area contributed by atoms with Crippen LogP contribution in [0.2, 0.25) is 0 Å². The molecule has 2 N–H and O–H groups in total. The van der Waals surface area contributed by atoms with E-state index in [-0.39, 0.29) is 35.8 Å². The highest BCUT2D eigenvalue weighted by atomic mass is 32.1. The van der Waals surface area contributed by atoms with E-state index < -0.39 is 29.7 Å². The second-order valence-corrected chi connectivity index (χ2v) is 10.9. The van der Waals surface area contributed by atoms with E-state index >= 15 is 4.39 Å². The van der Waals surface area contributed by atoms with Crippen molar-refractivity contribution in [2.24, 2.45) is 0 Å². The number of hydrogen-bond acceptors (Lipinski definition) is 9. The molecule has 1 unspecified atom stereocenters. The first-order valence-corrected chi connectivity index (χ1v) is 14.7. The summed E-state index contributed by atoms with van der Waals surface area (Å²) in [7, 11) is 1.48. The number of nitrogens with zero attached hydrogens (tertiary/aromatic N) is 3. The van der Waals surface area contributed by atoms with Crippen LogP contribution < -0.4 is 23.8 Å². The van der Waals surface area contributed by atoms with Gasteiger partial charge >= 0.3 is 6.03 Å². The largest absolute Gasteiger partial charge is 0.493 e. The Labute approximate surface area is 264 Å². The molecule has 236 valence electrons. The molecular weight excluding hydrogens is 606 g/mol. The number of urea groups is 1. The first-order chi connectivity index (χ1) is 21.7. The summed E-state index contributed by atoms with van der Waals surface area (Å²) >= 11 is 4.09. The standard InChI is InChI=1S/C32H32F2N4O6S/c1-42-29-16-23-26(17-30(29)43-19-22(39)18-37-12-4-5-13-37)35-11-10-27(23)44-28-9-8-21(15-25(28)34)38(45)32(41)36-31(40)14-20-6-2-3-7-24(20)33/h2-3,6-11,15-17,22,39,45H,4-5,12-14,18-19H2,1H3,(H,36,40,41). The maximum absolute atomic E-state index is 15.2. The highest BCUT2D eigenvalue weighted by Gasteiger charge is 2.20. The van der Waals surface area contributed by atoms with Gasteiger partial charge in [-0.15, -0.1) is 0 Å². The molecule has 0 bridgehead atoms. The van der Waals surface area contributed by atoms with Gasteiger partial charge in [0.1, 0.15) is 24.3 Å². The van der Waals surface area contributed by atoms with Crippen molar-refractivity contribution in [3.63, 3.8) is 0 Å². The van der Waals surface area contributed by atoms with Gasteiger partial charge in [0.15, 0.2) is 23.1 Å². The Bertz CT molecular complexity index is 1690. The number of pyridine rings is 1. The summed E-state index contributed by atoms with van der Waals surface area (Å²) in [5.74, 6) is -1.22. The summed E-state index contributed by atoms with van der Waals surface area (Å²) in [4.78, 5) is 31.4. The van der Waals surface area contributed by atoms with Crippen LogP contribution in [0.3, 0.4) is 0 Å². The van der Waals surface area contributed by atoms with Crippen LogP contribution in [0.25, 0.3) is 10.9 Å². The number of halogens is 2. The molecule has 0 spiro atoms. The third-order valence-corrected chi connectivity index (χ3v) is 7.63. The predicted molar refractivity (Wildman–Crippen MR) is 167 cm³/mol. The molecule has 1 aromatic heterocycles. The number of amides is 3. The van der Waals surface area contributed by atoms with Crippen LogP contribution >= 0.6 is 12.8 Å². The number of β-amino-alcohol motifs (C(OH)–C–C–N with tert-alkyl or cyclic N) is 1. The van der Waals surface area contributed by atoms with Gasteiger partial charge < -0.3 is 24.2 Å². The Morgan fingerprint density at radius 2 is 1.80 bits per heavy atom. The Morgan fingerprint density at radius 1 is 1.02 bits per heavy atom. The second-order valence-electron chi connectivity index (χ2n) is 10.5. The average Bonchev–Trinajstić information content (AvgIpc) is 3.54. The number of carbonyl (C=O) groups is 2. The minimum atomic E-state index is -0.943. The Morgan fingerprint density at radius 3 is 2.53 bits per heavy atom. The monoisotopic (exact) mass is 638 g/mol. The average molecular weight is 639 g/mol. The maximum Gasteiger partial charge on any atom is 0.338 e. The number of aliphatic hydroxyl groups is 1. The van der Waals surface area contributed by atoms with Gasteiger partial charge in [-0.3, -0.25) is 15.1 Å². The van der Waals surface area contributed by atoms with Gasteiger partial charge in [0.2, 0.25) is 5.91 Å². The van der Waals surface area contributed by atoms with Gasteiger partial charge in [0.25, 0.3) is 0 Å². The Hall–Kier alpha value is -4.46. The smallest absolute Gasteiger partial charge is 0.338 e. The number of thiol groups is 1. The molecule has 4 aromatic rings. The summed E-state index contributed by atoms with van der Waals surface area (Å²) in [6.45, 7) is 2.54. The molecule has 1 atom stereocenters. The minimum Gasteiger partial charge on any atom is -0.493 e. The molecule has 1 saturated heterocycles. The lowest BCUT2D eigenvalue weighted by Gasteiger charge is -2.20. The molecule has 0 aliphatic carbocycles. The van der Waals surface area contributed by atoms with E-state index in [2.05, 4.69) is 28.0 Å². The van der Waals surface area contributed by atoms with E-state index in [9.17, 15) is 19.1 Å². The zero-order valence-corrected chi connectivity index (χ0v) is 25.3. The van der Waals surface area contributed by atoms with Gasteiger partial charge in [0.05, 0.1) is 24.7 Å². The Balaban J connectivity index is 1.25. The summed E-state index contributed by atoms with van der Waals surface area (Å²) in [5.41, 5.74) is 0.639. The van der Waals surface area contributed by atoms with Gasteiger partial charge in [-0.2, -0.15) is 0 Å². The number of benzene rings is 3. The molecule has 3 amide bonds. The fourth-order valence-corrected chi connectivity index (χ4v) is 5.14. The normalized spacial score (nSPS) is 13.8. The third kappa shape index (κ3) is 7.98. The number of rotatable bonds is 11. The minimum absolute atomic E-state index is 0.0225. The number of methoxy groups -OCH3 is 1. The molecule has 5 rings (SSSR count). The second kappa shape index (κ2) is 14.5. The van der Waals surface area contributed by atoms with Crippen molar-refractivity contribution in [3.05, 3.63) is 84.1 Å². The number of imide groups is 1. The SMILES string of the molecule is COc1cc2c(Oc3ccc(N(S)C(=O)NC(=O)Cc4ccccc4F)cc3F)ccnc2cc1OCC(O)CN1CCCC1. The maximum atomic E-state index is 15.2. The lowest BCUT2D eigenvalue weighted by Crippen LogP contribution is -2.39.